The number of benzene rings is 1. The first-order valence-electron chi connectivity index (χ1n) is 5.52. The number of pyridine rings is 1. The van der Waals surface area contributed by atoms with Crippen LogP contribution in [0.2, 0.25) is 0 Å². The van der Waals surface area contributed by atoms with Gasteiger partial charge in [-0.15, -0.1) is 0 Å². The van der Waals surface area contributed by atoms with Crippen molar-refractivity contribution in [3.63, 3.8) is 0 Å². The van der Waals surface area contributed by atoms with Crippen molar-refractivity contribution in [2.24, 2.45) is 7.05 Å². The molecule has 1 aromatic heterocycles. The number of hydrogen-bond donors (Lipinski definition) is 1. The van der Waals surface area contributed by atoms with Gasteiger partial charge in [-0.2, -0.15) is 0 Å². The number of hydrogen-bond acceptors (Lipinski definition) is 4. The summed E-state index contributed by atoms with van der Waals surface area (Å²) in [6.07, 6.45) is 1.73. The van der Waals surface area contributed by atoms with Crippen LogP contribution in [0.4, 0.5) is 5.69 Å². The molecule has 0 bridgehead atoms. The summed E-state index contributed by atoms with van der Waals surface area (Å²) in [7, 11) is 3.04. The topological polar surface area (TPSA) is 60.3 Å². The van der Waals surface area contributed by atoms with Gasteiger partial charge in [0.05, 0.1) is 7.11 Å². The highest BCUT2D eigenvalue weighted by atomic mass is 16.5. The summed E-state index contributed by atoms with van der Waals surface area (Å²) in [5.41, 5.74) is 0.658. The summed E-state index contributed by atoms with van der Waals surface area (Å²) >= 11 is 0. The zero-order valence-corrected chi connectivity index (χ0v) is 10.3. The van der Waals surface area contributed by atoms with Crippen LogP contribution in [0.1, 0.15) is 0 Å². The number of methoxy groups -OCH3 is 1. The molecule has 1 N–H and O–H groups in total. The summed E-state index contributed by atoms with van der Waals surface area (Å²) in [5.74, 6) is -0.351. The Bertz CT molecular complexity index is 646. The SMILES string of the molecule is COC(=O)CNc1ccc2ccn(C)c(=O)c2c1. The second kappa shape index (κ2) is 4.91. The van der Waals surface area contributed by atoms with Gasteiger partial charge >= 0.3 is 5.97 Å². The van der Waals surface area contributed by atoms with E-state index in [1.54, 1.807) is 19.3 Å². The van der Waals surface area contributed by atoms with Gasteiger partial charge < -0.3 is 14.6 Å². The normalized spacial score (nSPS) is 10.3. The average Bonchev–Trinajstić information content (AvgIpc) is 2.40. The van der Waals surface area contributed by atoms with Crippen molar-refractivity contribution in [3.8, 4) is 0 Å². The highest BCUT2D eigenvalue weighted by Crippen LogP contribution is 2.15. The van der Waals surface area contributed by atoms with Crippen LogP contribution in [0.3, 0.4) is 0 Å². The predicted octanol–water partition coefficient (Wildman–Crippen LogP) is 1.12. The van der Waals surface area contributed by atoms with Crippen LogP contribution < -0.4 is 10.9 Å². The number of nitrogens with zero attached hydrogens (tertiary/aromatic N) is 1. The Hall–Kier alpha value is -2.30. The van der Waals surface area contributed by atoms with E-state index in [4.69, 9.17) is 0 Å². The van der Waals surface area contributed by atoms with Gasteiger partial charge in [0.15, 0.2) is 0 Å². The highest BCUT2D eigenvalue weighted by Gasteiger charge is 2.03. The van der Waals surface area contributed by atoms with Crippen molar-refractivity contribution in [2.45, 2.75) is 0 Å². The van der Waals surface area contributed by atoms with E-state index in [0.29, 0.717) is 5.39 Å². The summed E-state index contributed by atoms with van der Waals surface area (Å²) in [4.78, 5) is 22.9. The van der Waals surface area contributed by atoms with E-state index in [2.05, 4.69) is 10.1 Å². The molecule has 0 saturated carbocycles. The van der Waals surface area contributed by atoms with Crippen LogP contribution in [0, 0.1) is 0 Å². The fourth-order valence-electron chi connectivity index (χ4n) is 1.69. The first-order chi connectivity index (χ1) is 8.61. The predicted molar refractivity (Wildman–Crippen MR) is 69.7 cm³/mol. The van der Waals surface area contributed by atoms with Crippen LogP contribution in [0.5, 0.6) is 0 Å². The molecule has 5 heteroatoms. The summed E-state index contributed by atoms with van der Waals surface area (Å²) in [5, 5.41) is 4.41. The number of nitrogens with one attached hydrogen (secondary N) is 1. The van der Waals surface area contributed by atoms with E-state index < -0.39 is 0 Å². The van der Waals surface area contributed by atoms with E-state index in [1.165, 1.54) is 11.7 Å². The van der Waals surface area contributed by atoms with Crippen molar-refractivity contribution in [2.75, 3.05) is 19.0 Å². The quantitative estimate of drug-likeness (QED) is 0.824. The maximum absolute atomic E-state index is 11.9. The summed E-state index contributed by atoms with van der Waals surface area (Å²) < 4.78 is 6.06. The average molecular weight is 246 g/mol. The van der Waals surface area contributed by atoms with E-state index >= 15 is 0 Å². The van der Waals surface area contributed by atoms with Crippen molar-refractivity contribution >= 4 is 22.4 Å². The Morgan fingerprint density at radius 2 is 2.17 bits per heavy atom. The number of esters is 1. The fraction of sp³-hybridized carbons (Fsp3) is 0.231. The fourth-order valence-corrected chi connectivity index (χ4v) is 1.69. The van der Waals surface area contributed by atoms with Crippen molar-refractivity contribution in [1.82, 2.24) is 4.57 Å². The summed E-state index contributed by atoms with van der Waals surface area (Å²) in [6, 6.07) is 7.28. The molecule has 0 aliphatic carbocycles. The van der Waals surface area contributed by atoms with Gasteiger partial charge in [0.1, 0.15) is 6.54 Å². The number of rotatable bonds is 3. The molecule has 0 aliphatic heterocycles. The smallest absolute Gasteiger partial charge is 0.325 e. The van der Waals surface area contributed by atoms with Gasteiger partial charge in [0.25, 0.3) is 5.56 Å². The van der Waals surface area contributed by atoms with Gasteiger partial charge in [0, 0.05) is 24.3 Å². The molecule has 5 nitrogen and oxygen atoms in total. The maximum atomic E-state index is 11.9. The molecule has 0 radical (unpaired) electrons. The molecular formula is C13H14N2O3. The number of carbonyl (C=O) groups is 1. The molecule has 2 rings (SSSR count). The van der Waals surface area contributed by atoms with Crippen LogP contribution >= 0.6 is 0 Å². The number of anilines is 1. The van der Waals surface area contributed by atoms with Crippen molar-refractivity contribution in [3.05, 3.63) is 40.8 Å². The number of ether oxygens (including phenoxy) is 1. The Kier molecular flexibility index (Phi) is 3.32. The summed E-state index contributed by atoms with van der Waals surface area (Å²) in [6.45, 7) is 0.0785. The van der Waals surface area contributed by atoms with Gasteiger partial charge in [-0.1, -0.05) is 6.07 Å². The minimum atomic E-state index is -0.351. The second-order valence-electron chi connectivity index (χ2n) is 3.96. The monoisotopic (exact) mass is 246 g/mol. The molecule has 0 spiro atoms. The first kappa shape index (κ1) is 12.2. The second-order valence-corrected chi connectivity index (χ2v) is 3.96. The van der Waals surface area contributed by atoms with Crippen LogP contribution in [-0.4, -0.2) is 24.2 Å². The maximum Gasteiger partial charge on any atom is 0.325 e. The zero-order valence-electron chi connectivity index (χ0n) is 10.3. The lowest BCUT2D eigenvalue weighted by Gasteiger charge is -2.07. The first-order valence-corrected chi connectivity index (χ1v) is 5.52. The molecule has 0 aliphatic rings. The molecule has 0 unspecified atom stereocenters. The Labute approximate surface area is 104 Å². The third kappa shape index (κ3) is 2.34. The molecule has 1 aromatic carbocycles. The molecular weight excluding hydrogens is 232 g/mol. The molecule has 0 atom stereocenters. The largest absolute Gasteiger partial charge is 0.468 e. The van der Waals surface area contributed by atoms with Crippen molar-refractivity contribution in [1.29, 1.82) is 0 Å². The minimum absolute atomic E-state index is 0.0609. The molecule has 0 fully saturated rings. The lowest BCUT2D eigenvalue weighted by atomic mass is 10.1. The molecule has 2 aromatic rings. The lowest BCUT2D eigenvalue weighted by Crippen LogP contribution is -2.17. The van der Waals surface area contributed by atoms with Gasteiger partial charge in [-0.05, 0) is 23.6 Å². The standard InChI is InChI=1S/C13H14N2O3/c1-15-6-5-9-3-4-10(7-11(9)13(15)17)14-8-12(16)18-2/h3-7,14H,8H2,1-2H3. The molecule has 94 valence electrons. The number of fused-ring (bicyclic) bond motifs is 1. The van der Waals surface area contributed by atoms with E-state index in [1.807, 2.05) is 18.2 Å². The Balaban J connectivity index is 2.34. The van der Waals surface area contributed by atoms with Crippen LogP contribution in [-0.2, 0) is 16.6 Å². The number of aromatic nitrogens is 1. The third-order valence-corrected chi connectivity index (χ3v) is 2.75. The molecule has 1 heterocycles. The van der Waals surface area contributed by atoms with E-state index in [9.17, 15) is 9.59 Å². The number of carbonyl (C=O) groups excluding carboxylic acids is 1. The third-order valence-electron chi connectivity index (χ3n) is 2.75. The van der Waals surface area contributed by atoms with Crippen LogP contribution in [0.25, 0.3) is 10.8 Å². The molecule has 0 saturated heterocycles. The minimum Gasteiger partial charge on any atom is -0.468 e. The highest BCUT2D eigenvalue weighted by molar-refractivity contribution is 5.85. The lowest BCUT2D eigenvalue weighted by molar-refractivity contribution is -0.138. The molecule has 0 amide bonds. The Morgan fingerprint density at radius 1 is 1.39 bits per heavy atom. The zero-order chi connectivity index (χ0) is 13.1. The van der Waals surface area contributed by atoms with E-state index in [0.717, 1.165) is 11.1 Å². The van der Waals surface area contributed by atoms with Gasteiger partial charge in [-0.25, -0.2) is 0 Å². The number of aryl methyl sites for hydroxylation is 1. The van der Waals surface area contributed by atoms with Gasteiger partial charge in [0.2, 0.25) is 0 Å². The molecule has 18 heavy (non-hydrogen) atoms. The van der Waals surface area contributed by atoms with Crippen LogP contribution in [0.15, 0.2) is 35.3 Å². The van der Waals surface area contributed by atoms with Crippen molar-refractivity contribution < 1.29 is 9.53 Å². The Morgan fingerprint density at radius 3 is 2.89 bits per heavy atom. The van der Waals surface area contributed by atoms with Gasteiger partial charge in [-0.3, -0.25) is 9.59 Å². The van der Waals surface area contributed by atoms with E-state index in [-0.39, 0.29) is 18.1 Å².